The molecule has 0 radical (unpaired) electrons. The number of hydrogen-bond acceptors (Lipinski definition) is 5. The molecular weight excluding hydrogens is 372 g/mol. The molecule has 0 saturated carbocycles. The molecule has 0 aliphatic heterocycles. The molecule has 3 aromatic rings. The van der Waals surface area contributed by atoms with Gasteiger partial charge in [-0.15, -0.1) is 10.2 Å². The van der Waals surface area contributed by atoms with Crippen LogP contribution in [0.5, 0.6) is 5.75 Å². The van der Waals surface area contributed by atoms with E-state index in [1.807, 2.05) is 11.5 Å². The Morgan fingerprint density at radius 1 is 1.23 bits per heavy atom. The van der Waals surface area contributed by atoms with Crippen LogP contribution in [0.4, 0.5) is 5.69 Å². The number of halogens is 1. The molecule has 3 rings (SSSR count). The van der Waals surface area contributed by atoms with Crippen molar-refractivity contribution >= 4 is 35.0 Å². The third-order valence-electron chi connectivity index (χ3n) is 3.60. The Morgan fingerprint density at radius 2 is 2.00 bits per heavy atom. The number of aromatic nitrogens is 3. The van der Waals surface area contributed by atoms with E-state index in [1.54, 1.807) is 48.5 Å². The number of phenolic OH excluding ortho intramolecular Hbond substituents is 1. The Morgan fingerprint density at radius 3 is 2.69 bits per heavy atom. The maximum absolute atomic E-state index is 12.2. The van der Waals surface area contributed by atoms with Crippen LogP contribution in [-0.2, 0) is 11.3 Å². The number of benzene rings is 2. The molecule has 0 aliphatic carbocycles. The van der Waals surface area contributed by atoms with Crippen molar-refractivity contribution < 1.29 is 9.90 Å². The maximum atomic E-state index is 12.2. The van der Waals surface area contributed by atoms with Gasteiger partial charge in [-0.25, -0.2) is 0 Å². The number of anilines is 1. The summed E-state index contributed by atoms with van der Waals surface area (Å²) >= 11 is 7.23. The van der Waals surface area contributed by atoms with Crippen molar-refractivity contribution in [2.45, 2.75) is 18.6 Å². The van der Waals surface area contributed by atoms with Gasteiger partial charge in [0.15, 0.2) is 11.0 Å². The van der Waals surface area contributed by atoms with Crippen LogP contribution in [0.15, 0.2) is 53.7 Å². The highest BCUT2D eigenvalue weighted by atomic mass is 35.5. The Kier molecular flexibility index (Phi) is 5.80. The van der Waals surface area contributed by atoms with Crippen molar-refractivity contribution in [1.82, 2.24) is 14.8 Å². The van der Waals surface area contributed by atoms with Gasteiger partial charge in [-0.05, 0) is 49.4 Å². The van der Waals surface area contributed by atoms with Crippen LogP contribution < -0.4 is 5.32 Å². The lowest BCUT2D eigenvalue weighted by Crippen LogP contribution is -2.14. The molecule has 1 aromatic heterocycles. The fourth-order valence-electron chi connectivity index (χ4n) is 2.40. The molecule has 8 heteroatoms. The lowest BCUT2D eigenvalue weighted by atomic mass is 10.2. The van der Waals surface area contributed by atoms with Gasteiger partial charge in [-0.3, -0.25) is 4.79 Å². The SMILES string of the molecule is CCn1c(SCC(=O)Nc2cccc(Cl)c2)nnc1-c1ccc(O)cc1. The smallest absolute Gasteiger partial charge is 0.234 e. The molecule has 0 bridgehead atoms. The Hall–Kier alpha value is -2.51. The number of carbonyl (C=O) groups excluding carboxylic acids is 1. The lowest BCUT2D eigenvalue weighted by Gasteiger charge is -2.08. The molecule has 0 saturated heterocycles. The first-order valence-corrected chi connectivity index (χ1v) is 9.34. The van der Waals surface area contributed by atoms with Crippen molar-refractivity contribution in [3.63, 3.8) is 0 Å². The molecule has 0 atom stereocenters. The summed E-state index contributed by atoms with van der Waals surface area (Å²) in [7, 11) is 0. The van der Waals surface area contributed by atoms with Crippen LogP contribution in [0.3, 0.4) is 0 Å². The van der Waals surface area contributed by atoms with Crippen LogP contribution in [0, 0.1) is 0 Å². The summed E-state index contributed by atoms with van der Waals surface area (Å²) in [5.74, 6) is 0.961. The van der Waals surface area contributed by atoms with E-state index < -0.39 is 0 Å². The van der Waals surface area contributed by atoms with Crippen molar-refractivity contribution in [2.24, 2.45) is 0 Å². The zero-order chi connectivity index (χ0) is 18.5. The van der Waals surface area contributed by atoms with Gasteiger partial charge in [0.25, 0.3) is 0 Å². The molecule has 0 unspecified atom stereocenters. The zero-order valence-electron chi connectivity index (χ0n) is 14.0. The molecule has 1 heterocycles. The summed E-state index contributed by atoms with van der Waals surface area (Å²) < 4.78 is 1.93. The number of amides is 1. The number of rotatable bonds is 6. The van der Waals surface area contributed by atoms with E-state index in [0.717, 1.165) is 5.56 Å². The molecule has 0 spiro atoms. The number of carbonyl (C=O) groups is 1. The average Bonchev–Trinajstić information content (AvgIpc) is 3.03. The van der Waals surface area contributed by atoms with E-state index >= 15 is 0 Å². The third-order valence-corrected chi connectivity index (χ3v) is 4.80. The van der Waals surface area contributed by atoms with Crippen molar-refractivity contribution in [1.29, 1.82) is 0 Å². The molecule has 2 N–H and O–H groups in total. The fourth-order valence-corrected chi connectivity index (χ4v) is 3.39. The van der Waals surface area contributed by atoms with E-state index in [4.69, 9.17) is 11.6 Å². The quantitative estimate of drug-likeness (QED) is 0.622. The van der Waals surface area contributed by atoms with Gasteiger partial charge in [0.1, 0.15) is 5.75 Å². The first-order chi connectivity index (χ1) is 12.6. The summed E-state index contributed by atoms with van der Waals surface area (Å²) in [6.45, 7) is 2.66. The van der Waals surface area contributed by atoms with E-state index in [2.05, 4.69) is 15.5 Å². The second-order valence-electron chi connectivity index (χ2n) is 5.44. The van der Waals surface area contributed by atoms with E-state index in [-0.39, 0.29) is 17.4 Å². The predicted molar refractivity (Wildman–Crippen MR) is 104 cm³/mol. The predicted octanol–water partition coefficient (Wildman–Crippen LogP) is 4.05. The zero-order valence-corrected chi connectivity index (χ0v) is 15.6. The van der Waals surface area contributed by atoms with Crippen LogP contribution in [0.1, 0.15) is 6.92 Å². The largest absolute Gasteiger partial charge is 0.508 e. The van der Waals surface area contributed by atoms with Crippen molar-refractivity contribution in [2.75, 3.05) is 11.1 Å². The highest BCUT2D eigenvalue weighted by Gasteiger charge is 2.14. The first kappa shape index (κ1) is 18.3. The molecule has 2 aromatic carbocycles. The number of thioether (sulfide) groups is 1. The van der Waals surface area contributed by atoms with E-state index in [0.29, 0.717) is 28.2 Å². The van der Waals surface area contributed by atoms with E-state index in [9.17, 15) is 9.90 Å². The highest BCUT2D eigenvalue weighted by Crippen LogP contribution is 2.25. The standard InChI is InChI=1S/C18H17ClN4O2S/c1-2-23-17(12-6-8-15(24)9-7-12)21-22-18(23)26-11-16(25)20-14-5-3-4-13(19)10-14/h3-10,24H,2,11H2,1H3,(H,20,25). The van der Waals surface area contributed by atoms with Gasteiger partial charge in [0.2, 0.25) is 5.91 Å². The number of aromatic hydroxyl groups is 1. The van der Waals surface area contributed by atoms with Crippen molar-refractivity contribution in [3.8, 4) is 17.1 Å². The summed E-state index contributed by atoms with van der Waals surface area (Å²) in [6.07, 6.45) is 0. The van der Waals surface area contributed by atoms with Crippen LogP contribution in [-0.4, -0.2) is 31.5 Å². The Balaban J connectivity index is 1.68. The third kappa shape index (κ3) is 4.36. The topological polar surface area (TPSA) is 80.0 Å². The molecule has 134 valence electrons. The Labute approximate surface area is 160 Å². The monoisotopic (exact) mass is 388 g/mol. The minimum Gasteiger partial charge on any atom is -0.508 e. The molecule has 0 aliphatic rings. The number of nitrogens with zero attached hydrogens (tertiary/aromatic N) is 3. The minimum absolute atomic E-state index is 0.144. The highest BCUT2D eigenvalue weighted by molar-refractivity contribution is 7.99. The fraction of sp³-hybridized carbons (Fsp3) is 0.167. The summed E-state index contributed by atoms with van der Waals surface area (Å²) in [5.41, 5.74) is 1.51. The second-order valence-corrected chi connectivity index (χ2v) is 6.82. The maximum Gasteiger partial charge on any atom is 0.234 e. The molecule has 6 nitrogen and oxygen atoms in total. The molecular formula is C18H17ClN4O2S. The summed E-state index contributed by atoms with van der Waals surface area (Å²) in [5, 5.41) is 21.9. The molecule has 26 heavy (non-hydrogen) atoms. The summed E-state index contributed by atoms with van der Waals surface area (Å²) in [6, 6.07) is 13.8. The van der Waals surface area contributed by atoms with Gasteiger partial charge < -0.3 is 15.0 Å². The second kappa shape index (κ2) is 8.25. The van der Waals surface area contributed by atoms with Gasteiger partial charge in [0.05, 0.1) is 5.75 Å². The minimum atomic E-state index is -0.144. The van der Waals surface area contributed by atoms with E-state index in [1.165, 1.54) is 11.8 Å². The van der Waals surface area contributed by atoms with Crippen LogP contribution >= 0.6 is 23.4 Å². The number of phenols is 1. The average molecular weight is 389 g/mol. The van der Waals surface area contributed by atoms with Gasteiger partial charge in [-0.1, -0.05) is 29.4 Å². The molecule has 0 fully saturated rings. The molecule has 1 amide bonds. The number of hydrogen-bond donors (Lipinski definition) is 2. The number of nitrogens with one attached hydrogen (secondary N) is 1. The lowest BCUT2D eigenvalue weighted by molar-refractivity contribution is -0.113. The van der Waals surface area contributed by atoms with Crippen molar-refractivity contribution in [3.05, 3.63) is 53.6 Å². The normalized spacial score (nSPS) is 10.7. The van der Waals surface area contributed by atoms with Crippen LogP contribution in [0.25, 0.3) is 11.4 Å². The van der Waals surface area contributed by atoms with Gasteiger partial charge in [0, 0.05) is 22.8 Å². The first-order valence-electron chi connectivity index (χ1n) is 7.97. The Bertz CT molecular complexity index is 912. The van der Waals surface area contributed by atoms with Gasteiger partial charge >= 0.3 is 0 Å². The van der Waals surface area contributed by atoms with Gasteiger partial charge in [-0.2, -0.15) is 0 Å². The van der Waals surface area contributed by atoms with Crippen LogP contribution in [0.2, 0.25) is 5.02 Å². The summed E-state index contributed by atoms with van der Waals surface area (Å²) in [4.78, 5) is 12.2.